The summed E-state index contributed by atoms with van der Waals surface area (Å²) in [7, 11) is 4.87. The van der Waals surface area contributed by atoms with Gasteiger partial charge in [0, 0.05) is 25.0 Å². The first-order chi connectivity index (χ1) is 12.0. The van der Waals surface area contributed by atoms with Crippen LogP contribution in [0.2, 0.25) is 0 Å². The zero-order valence-electron chi connectivity index (χ0n) is 14.2. The molecule has 0 saturated heterocycles. The van der Waals surface area contributed by atoms with Crippen molar-refractivity contribution in [2.24, 2.45) is 7.05 Å². The van der Waals surface area contributed by atoms with Crippen LogP contribution in [0, 0.1) is 0 Å². The van der Waals surface area contributed by atoms with Crippen LogP contribution in [0.1, 0.15) is 10.4 Å². The van der Waals surface area contributed by atoms with Crippen LogP contribution in [0.5, 0.6) is 11.5 Å². The Kier molecular flexibility index (Phi) is 4.43. The number of benzene rings is 2. The number of carbonyl (C=O) groups is 1. The largest absolute Gasteiger partial charge is 0.497 e. The van der Waals surface area contributed by atoms with Gasteiger partial charge in [0.25, 0.3) is 5.91 Å². The molecule has 1 heterocycles. The Morgan fingerprint density at radius 1 is 1.04 bits per heavy atom. The van der Waals surface area contributed by atoms with E-state index in [1.807, 2.05) is 0 Å². The van der Waals surface area contributed by atoms with Crippen LogP contribution >= 0.6 is 0 Å². The van der Waals surface area contributed by atoms with Gasteiger partial charge in [-0.2, -0.15) is 0 Å². The molecule has 0 aliphatic heterocycles. The number of carbonyl (C=O) groups excluding carboxylic acids is 1. The second-order valence-corrected chi connectivity index (χ2v) is 5.55. The third-order valence-corrected chi connectivity index (χ3v) is 3.97. The molecular weight excluding hydrogens is 320 g/mol. The maximum Gasteiger partial charge on any atom is 0.261 e. The third kappa shape index (κ3) is 3.19. The van der Waals surface area contributed by atoms with Gasteiger partial charge in [0.1, 0.15) is 17.1 Å². The quantitative estimate of drug-likeness (QED) is 0.794. The van der Waals surface area contributed by atoms with E-state index in [-0.39, 0.29) is 11.0 Å². The molecule has 1 amide bonds. The number of hydrogen-bond acceptors (Lipinski definition) is 4. The molecule has 2 aromatic carbocycles. The zero-order valence-corrected chi connectivity index (χ0v) is 14.2. The van der Waals surface area contributed by atoms with Gasteiger partial charge in [0.15, 0.2) is 0 Å². The van der Waals surface area contributed by atoms with Crippen molar-refractivity contribution in [3.8, 4) is 11.5 Å². The van der Waals surface area contributed by atoms with Gasteiger partial charge in [-0.05, 0) is 30.3 Å². The highest BCUT2D eigenvalue weighted by molar-refractivity contribution is 6.05. The lowest BCUT2D eigenvalue weighted by molar-refractivity contribution is 0.102. The lowest BCUT2D eigenvalue weighted by Gasteiger charge is -2.11. The summed E-state index contributed by atoms with van der Waals surface area (Å²) in [4.78, 5) is 25.3. The van der Waals surface area contributed by atoms with Crippen LogP contribution < -0.4 is 20.2 Å². The van der Waals surface area contributed by atoms with Crippen molar-refractivity contribution in [1.82, 2.24) is 4.57 Å². The summed E-state index contributed by atoms with van der Waals surface area (Å²) in [5.74, 6) is 0.711. The predicted molar refractivity (Wildman–Crippen MR) is 96.7 cm³/mol. The Morgan fingerprint density at radius 2 is 1.76 bits per heavy atom. The maximum absolute atomic E-state index is 12.7. The van der Waals surface area contributed by atoms with Crippen LogP contribution in [0.3, 0.4) is 0 Å². The summed E-state index contributed by atoms with van der Waals surface area (Å²) in [6.07, 6.45) is 1.53. The molecule has 3 aromatic rings. The maximum atomic E-state index is 12.7. The Balaban J connectivity index is 2.03. The van der Waals surface area contributed by atoms with E-state index in [9.17, 15) is 9.59 Å². The second-order valence-electron chi connectivity index (χ2n) is 5.55. The van der Waals surface area contributed by atoms with Crippen molar-refractivity contribution in [3.05, 3.63) is 64.4 Å². The number of hydrogen-bond donors (Lipinski definition) is 1. The summed E-state index contributed by atoms with van der Waals surface area (Å²) in [5.41, 5.74) is 0.999. The molecule has 0 saturated carbocycles. The van der Waals surface area contributed by atoms with E-state index in [0.717, 1.165) is 5.52 Å². The number of rotatable bonds is 4. The number of fused-ring (bicyclic) bond motifs is 1. The third-order valence-electron chi connectivity index (χ3n) is 3.97. The van der Waals surface area contributed by atoms with Crippen molar-refractivity contribution < 1.29 is 14.3 Å². The lowest BCUT2D eigenvalue weighted by atomic mass is 10.1. The molecule has 0 radical (unpaired) electrons. The smallest absolute Gasteiger partial charge is 0.261 e. The van der Waals surface area contributed by atoms with Crippen molar-refractivity contribution in [2.75, 3.05) is 19.5 Å². The molecule has 0 unspecified atom stereocenters. The first-order valence-corrected chi connectivity index (χ1v) is 7.66. The number of nitrogens with one attached hydrogen (secondary N) is 1. The van der Waals surface area contributed by atoms with E-state index in [1.54, 1.807) is 61.2 Å². The van der Waals surface area contributed by atoms with Gasteiger partial charge >= 0.3 is 0 Å². The SMILES string of the molecule is COc1cccc(NC(=O)c2cn(C)c3ccc(OC)cc3c2=O)c1. The Morgan fingerprint density at radius 3 is 2.48 bits per heavy atom. The summed E-state index contributed by atoms with van der Waals surface area (Å²) < 4.78 is 12.1. The van der Waals surface area contributed by atoms with E-state index >= 15 is 0 Å². The van der Waals surface area contributed by atoms with Gasteiger partial charge in [0.2, 0.25) is 5.43 Å². The summed E-state index contributed by atoms with van der Waals surface area (Å²) >= 11 is 0. The molecular formula is C19H18N2O4. The van der Waals surface area contributed by atoms with Crippen molar-refractivity contribution in [3.63, 3.8) is 0 Å². The molecule has 3 rings (SSSR count). The fraction of sp³-hybridized carbons (Fsp3) is 0.158. The first kappa shape index (κ1) is 16.6. The van der Waals surface area contributed by atoms with E-state index in [2.05, 4.69) is 5.32 Å². The minimum Gasteiger partial charge on any atom is -0.497 e. The van der Waals surface area contributed by atoms with Gasteiger partial charge in [0.05, 0.1) is 25.1 Å². The fourth-order valence-corrected chi connectivity index (χ4v) is 2.66. The molecule has 0 spiro atoms. The Labute approximate surface area is 144 Å². The van der Waals surface area contributed by atoms with E-state index in [1.165, 1.54) is 13.3 Å². The van der Waals surface area contributed by atoms with Crippen LogP contribution in [-0.4, -0.2) is 24.7 Å². The molecule has 6 heteroatoms. The average molecular weight is 338 g/mol. The van der Waals surface area contributed by atoms with Gasteiger partial charge in [-0.15, -0.1) is 0 Å². The number of aromatic nitrogens is 1. The molecule has 128 valence electrons. The van der Waals surface area contributed by atoms with Crippen molar-refractivity contribution in [2.45, 2.75) is 0 Å². The molecule has 0 bridgehead atoms. The number of amides is 1. The van der Waals surface area contributed by atoms with Gasteiger partial charge < -0.3 is 19.4 Å². The monoisotopic (exact) mass is 338 g/mol. The average Bonchev–Trinajstić information content (AvgIpc) is 2.64. The standard InChI is InChI=1S/C19H18N2O4/c1-21-11-16(18(22)15-10-14(25-3)7-8-17(15)21)19(23)20-12-5-4-6-13(9-12)24-2/h4-11H,1-3H3,(H,20,23). The van der Waals surface area contributed by atoms with Gasteiger partial charge in [-0.1, -0.05) is 6.07 Å². The topological polar surface area (TPSA) is 69.6 Å². The van der Waals surface area contributed by atoms with E-state index < -0.39 is 5.91 Å². The minimum absolute atomic E-state index is 0.0612. The highest BCUT2D eigenvalue weighted by atomic mass is 16.5. The molecule has 1 aromatic heterocycles. The number of nitrogens with zero attached hydrogens (tertiary/aromatic N) is 1. The number of anilines is 1. The Hall–Kier alpha value is -3.28. The van der Waals surface area contributed by atoms with Crippen molar-refractivity contribution >= 4 is 22.5 Å². The highest BCUT2D eigenvalue weighted by Crippen LogP contribution is 2.20. The zero-order chi connectivity index (χ0) is 18.0. The highest BCUT2D eigenvalue weighted by Gasteiger charge is 2.15. The number of methoxy groups -OCH3 is 2. The van der Waals surface area contributed by atoms with Crippen molar-refractivity contribution in [1.29, 1.82) is 0 Å². The minimum atomic E-state index is -0.474. The Bertz CT molecular complexity index is 1010. The van der Waals surface area contributed by atoms with Crippen LogP contribution in [0.4, 0.5) is 5.69 Å². The van der Waals surface area contributed by atoms with Gasteiger partial charge in [-0.25, -0.2) is 0 Å². The molecule has 0 atom stereocenters. The van der Waals surface area contributed by atoms with Crippen LogP contribution in [0.15, 0.2) is 53.5 Å². The molecule has 25 heavy (non-hydrogen) atoms. The summed E-state index contributed by atoms with van der Waals surface area (Å²) in [6, 6.07) is 12.2. The number of ether oxygens (including phenoxy) is 2. The predicted octanol–water partition coefficient (Wildman–Crippen LogP) is 2.81. The summed E-state index contributed by atoms with van der Waals surface area (Å²) in [5, 5.41) is 3.16. The van der Waals surface area contributed by atoms with Gasteiger partial charge in [-0.3, -0.25) is 9.59 Å². The van der Waals surface area contributed by atoms with E-state index in [0.29, 0.717) is 22.6 Å². The number of pyridine rings is 1. The lowest BCUT2D eigenvalue weighted by Crippen LogP contribution is -2.23. The summed E-state index contributed by atoms with van der Waals surface area (Å²) in [6.45, 7) is 0. The van der Waals surface area contributed by atoms with E-state index in [4.69, 9.17) is 9.47 Å². The molecule has 1 N–H and O–H groups in total. The van der Waals surface area contributed by atoms with Crippen LogP contribution in [-0.2, 0) is 7.05 Å². The normalized spacial score (nSPS) is 10.5. The molecule has 6 nitrogen and oxygen atoms in total. The second kappa shape index (κ2) is 6.68. The first-order valence-electron chi connectivity index (χ1n) is 7.66. The molecule has 0 aliphatic carbocycles. The molecule has 0 fully saturated rings. The fourth-order valence-electron chi connectivity index (χ4n) is 2.66. The molecule has 0 aliphatic rings. The van der Waals surface area contributed by atoms with Crippen LogP contribution in [0.25, 0.3) is 10.9 Å². The number of aryl methyl sites for hydroxylation is 1.